The Morgan fingerprint density at radius 1 is 1.33 bits per heavy atom. The van der Waals surface area contributed by atoms with Gasteiger partial charge in [-0.2, -0.15) is 0 Å². The highest BCUT2D eigenvalue weighted by Gasteiger charge is 2.10. The van der Waals surface area contributed by atoms with Gasteiger partial charge in [-0.05, 0) is 18.4 Å². The SMILES string of the molecule is COC(=O)c1nccc2cc(C)ccc12. The summed E-state index contributed by atoms with van der Waals surface area (Å²) in [6.07, 6.45) is 1.62. The number of aryl methyl sites for hydroxylation is 1. The molecule has 0 N–H and O–H groups in total. The third-order valence-corrected chi connectivity index (χ3v) is 2.30. The number of carbonyl (C=O) groups excluding carboxylic acids is 1. The zero-order valence-corrected chi connectivity index (χ0v) is 8.65. The Balaban J connectivity index is 2.71. The van der Waals surface area contributed by atoms with Crippen molar-refractivity contribution >= 4 is 16.7 Å². The van der Waals surface area contributed by atoms with E-state index in [4.69, 9.17) is 0 Å². The van der Waals surface area contributed by atoms with Crippen molar-refractivity contribution in [3.8, 4) is 0 Å². The Kier molecular flexibility index (Phi) is 2.37. The van der Waals surface area contributed by atoms with Gasteiger partial charge in [0, 0.05) is 11.6 Å². The molecule has 2 rings (SSSR count). The van der Waals surface area contributed by atoms with Gasteiger partial charge in [0.2, 0.25) is 0 Å². The Bertz CT molecular complexity index is 520. The summed E-state index contributed by atoms with van der Waals surface area (Å²) in [5.74, 6) is -0.399. The molecule has 0 aliphatic rings. The van der Waals surface area contributed by atoms with Crippen molar-refractivity contribution in [2.75, 3.05) is 7.11 Å². The van der Waals surface area contributed by atoms with Crippen LogP contribution in [-0.2, 0) is 4.74 Å². The third kappa shape index (κ3) is 1.68. The fourth-order valence-electron chi connectivity index (χ4n) is 1.56. The first-order chi connectivity index (χ1) is 7.22. The minimum Gasteiger partial charge on any atom is -0.464 e. The lowest BCUT2D eigenvalue weighted by atomic mass is 10.1. The zero-order chi connectivity index (χ0) is 10.8. The van der Waals surface area contributed by atoms with Gasteiger partial charge < -0.3 is 4.74 Å². The van der Waals surface area contributed by atoms with Gasteiger partial charge in [-0.1, -0.05) is 23.8 Å². The molecule has 1 heterocycles. The molecule has 0 aliphatic heterocycles. The van der Waals surface area contributed by atoms with Crippen molar-refractivity contribution in [2.45, 2.75) is 6.92 Å². The van der Waals surface area contributed by atoms with Crippen LogP contribution in [0.15, 0.2) is 30.5 Å². The summed E-state index contributed by atoms with van der Waals surface area (Å²) >= 11 is 0. The molecule has 76 valence electrons. The molecule has 0 amide bonds. The molecule has 0 atom stereocenters. The molecule has 0 saturated carbocycles. The number of pyridine rings is 1. The number of nitrogens with zero attached hydrogens (tertiary/aromatic N) is 1. The van der Waals surface area contributed by atoms with Crippen LogP contribution in [0.1, 0.15) is 16.1 Å². The molecule has 0 aliphatic carbocycles. The van der Waals surface area contributed by atoms with E-state index in [1.807, 2.05) is 31.2 Å². The first-order valence-corrected chi connectivity index (χ1v) is 4.66. The van der Waals surface area contributed by atoms with E-state index in [2.05, 4.69) is 9.72 Å². The number of ether oxygens (including phenoxy) is 1. The average molecular weight is 201 g/mol. The monoisotopic (exact) mass is 201 g/mol. The van der Waals surface area contributed by atoms with Gasteiger partial charge in [0.25, 0.3) is 0 Å². The van der Waals surface area contributed by atoms with Gasteiger partial charge in [-0.25, -0.2) is 9.78 Å². The van der Waals surface area contributed by atoms with Crippen molar-refractivity contribution in [3.05, 3.63) is 41.7 Å². The number of hydrogen-bond donors (Lipinski definition) is 0. The van der Waals surface area contributed by atoms with Crippen molar-refractivity contribution in [2.24, 2.45) is 0 Å². The summed E-state index contributed by atoms with van der Waals surface area (Å²) in [5.41, 5.74) is 1.53. The van der Waals surface area contributed by atoms with E-state index in [0.29, 0.717) is 5.69 Å². The summed E-state index contributed by atoms with van der Waals surface area (Å²) in [6, 6.07) is 7.75. The Labute approximate surface area is 87.7 Å². The van der Waals surface area contributed by atoms with Crippen LogP contribution >= 0.6 is 0 Å². The van der Waals surface area contributed by atoms with Gasteiger partial charge in [0.1, 0.15) is 0 Å². The standard InChI is InChI=1S/C12H11NO2/c1-8-3-4-10-9(7-8)5-6-13-11(10)12(14)15-2/h3-7H,1-2H3. The fourth-order valence-corrected chi connectivity index (χ4v) is 1.56. The van der Waals surface area contributed by atoms with E-state index < -0.39 is 5.97 Å². The lowest BCUT2D eigenvalue weighted by Crippen LogP contribution is -2.04. The maximum atomic E-state index is 11.4. The molecule has 2 aromatic rings. The Morgan fingerprint density at radius 3 is 2.87 bits per heavy atom. The molecule has 3 heteroatoms. The maximum absolute atomic E-state index is 11.4. The van der Waals surface area contributed by atoms with Crippen molar-refractivity contribution in [3.63, 3.8) is 0 Å². The van der Waals surface area contributed by atoms with E-state index in [9.17, 15) is 4.79 Å². The van der Waals surface area contributed by atoms with Crippen LogP contribution in [0.5, 0.6) is 0 Å². The Hall–Kier alpha value is -1.90. The molecular formula is C12H11NO2. The van der Waals surface area contributed by atoms with Crippen molar-refractivity contribution in [1.82, 2.24) is 4.98 Å². The van der Waals surface area contributed by atoms with E-state index in [1.54, 1.807) is 6.20 Å². The van der Waals surface area contributed by atoms with Crippen molar-refractivity contribution < 1.29 is 9.53 Å². The van der Waals surface area contributed by atoms with Gasteiger partial charge >= 0.3 is 5.97 Å². The van der Waals surface area contributed by atoms with Crippen LogP contribution in [0.2, 0.25) is 0 Å². The number of fused-ring (bicyclic) bond motifs is 1. The minimum atomic E-state index is -0.399. The number of aromatic nitrogens is 1. The van der Waals surface area contributed by atoms with Crippen LogP contribution in [0.3, 0.4) is 0 Å². The lowest BCUT2D eigenvalue weighted by molar-refractivity contribution is 0.0596. The summed E-state index contributed by atoms with van der Waals surface area (Å²) in [6.45, 7) is 2.01. The number of rotatable bonds is 1. The van der Waals surface area contributed by atoms with E-state index in [1.165, 1.54) is 7.11 Å². The second kappa shape index (κ2) is 3.69. The third-order valence-electron chi connectivity index (χ3n) is 2.30. The molecule has 1 aromatic carbocycles. The lowest BCUT2D eigenvalue weighted by Gasteiger charge is -2.04. The fraction of sp³-hybridized carbons (Fsp3) is 0.167. The van der Waals surface area contributed by atoms with Crippen LogP contribution in [-0.4, -0.2) is 18.1 Å². The van der Waals surface area contributed by atoms with Crippen LogP contribution in [0.25, 0.3) is 10.8 Å². The van der Waals surface area contributed by atoms with Crippen molar-refractivity contribution in [1.29, 1.82) is 0 Å². The van der Waals surface area contributed by atoms with E-state index in [0.717, 1.165) is 16.3 Å². The quantitative estimate of drug-likeness (QED) is 0.665. The molecular weight excluding hydrogens is 190 g/mol. The smallest absolute Gasteiger partial charge is 0.357 e. The highest BCUT2D eigenvalue weighted by molar-refractivity contribution is 6.02. The summed E-state index contributed by atoms with van der Waals surface area (Å²) in [4.78, 5) is 15.5. The van der Waals surface area contributed by atoms with Gasteiger partial charge in [-0.15, -0.1) is 0 Å². The minimum absolute atomic E-state index is 0.370. The van der Waals surface area contributed by atoms with Gasteiger partial charge in [-0.3, -0.25) is 0 Å². The largest absolute Gasteiger partial charge is 0.464 e. The molecule has 0 unspecified atom stereocenters. The van der Waals surface area contributed by atoms with Gasteiger partial charge in [0.05, 0.1) is 7.11 Å². The molecule has 0 saturated heterocycles. The summed E-state index contributed by atoms with van der Waals surface area (Å²) < 4.78 is 4.67. The molecule has 0 bridgehead atoms. The highest BCUT2D eigenvalue weighted by atomic mass is 16.5. The number of carbonyl (C=O) groups is 1. The molecule has 0 spiro atoms. The predicted octanol–water partition coefficient (Wildman–Crippen LogP) is 2.33. The first-order valence-electron chi connectivity index (χ1n) is 4.66. The molecule has 0 radical (unpaired) electrons. The molecule has 0 fully saturated rings. The topological polar surface area (TPSA) is 39.2 Å². The second-order valence-electron chi connectivity index (χ2n) is 3.38. The number of benzene rings is 1. The number of hydrogen-bond acceptors (Lipinski definition) is 3. The zero-order valence-electron chi connectivity index (χ0n) is 8.65. The molecule has 3 nitrogen and oxygen atoms in total. The van der Waals surface area contributed by atoms with Crippen LogP contribution in [0.4, 0.5) is 0 Å². The van der Waals surface area contributed by atoms with Gasteiger partial charge in [0.15, 0.2) is 5.69 Å². The van der Waals surface area contributed by atoms with Crippen LogP contribution in [0, 0.1) is 6.92 Å². The molecule has 1 aromatic heterocycles. The average Bonchev–Trinajstić information content (AvgIpc) is 2.26. The molecule has 15 heavy (non-hydrogen) atoms. The first kappa shape index (κ1) is 9.65. The number of methoxy groups -OCH3 is 1. The van der Waals surface area contributed by atoms with E-state index in [-0.39, 0.29) is 0 Å². The van der Waals surface area contributed by atoms with E-state index >= 15 is 0 Å². The Morgan fingerprint density at radius 2 is 2.13 bits per heavy atom. The van der Waals surface area contributed by atoms with Crippen LogP contribution < -0.4 is 0 Å². The maximum Gasteiger partial charge on any atom is 0.357 e. The normalized spacial score (nSPS) is 10.3. The number of esters is 1. The predicted molar refractivity (Wildman–Crippen MR) is 57.8 cm³/mol. The summed E-state index contributed by atoms with van der Waals surface area (Å²) in [5, 5.41) is 1.83. The summed E-state index contributed by atoms with van der Waals surface area (Å²) in [7, 11) is 1.36. The highest BCUT2D eigenvalue weighted by Crippen LogP contribution is 2.18. The second-order valence-corrected chi connectivity index (χ2v) is 3.38.